The summed E-state index contributed by atoms with van der Waals surface area (Å²) in [5.74, 6) is -0.0718. The number of amides is 2. The number of benzene rings is 1. The first-order chi connectivity index (χ1) is 12.0. The lowest BCUT2D eigenvalue weighted by Gasteiger charge is -2.28. The van der Waals surface area contributed by atoms with E-state index >= 15 is 0 Å². The third kappa shape index (κ3) is 4.71. The number of halogens is 1. The van der Waals surface area contributed by atoms with Crippen molar-refractivity contribution >= 4 is 23.4 Å². The van der Waals surface area contributed by atoms with Crippen LogP contribution in [-0.2, 0) is 20.7 Å². The minimum absolute atomic E-state index is 0.00930. The molecule has 6 nitrogen and oxygen atoms in total. The van der Waals surface area contributed by atoms with Crippen LogP contribution in [0.4, 0.5) is 0 Å². The Balaban J connectivity index is 1.47. The summed E-state index contributed by atoms with van der Waals surface area (Å²) in [6.45, 7) is 3.12. The molecule has 2 amide bonds. The number of hydrogen-bond donors (Lipinski definition) is 1. The van der Waals surface area contributed by atoms with Gasteiger partial charge in [0.2, 0.25) is 11.8 Å². The van der Waals surface area contributed by atoms with E-state index in [1.807, 2.05) is 31.3 Å². The molecule has 2 fully saturated rings. The molecule has 3 rings (SSSR count). The third-order valence-corrected chi connectivity index (χ3v) is 5.09. The van der Waals surface area contributed by atoms with Gasteiger partial charge in [0.25, 0.3) is 0 Å². The molecule has 7 heteroatoms. The highest BCUT2D eigenvalue weighted by atomic mass is 35.5. The second-order valence-electron chi connectivity index (χ2n) is 6.76. The van der Waals surface area contributed by atoms with Crippen LogP contribution in [-0.4, -0.2) is 74.1 Å². The molecule has 0 aliphatic carbocycles. The molecule has 2 saturated heterocycles. The molecule has 2 heterocycles. The molecule has 1 N–H and O–H groups in total. The maximum absolute atomic E-state index is 12.3. The Labute approximate surface area is 153 Å². The van der Waals surface area contributed by atoms with Gasteiger partial charge in [-0.15, -0.1) is 0 Å². The van der Waals surface area contributed by atoms with Gasteiger partial charge < -0.3 is 15.0 Å². The highest BCUT2D eigenvalue weighted by molar-refractivity contribution is 6.30. The summed E-state index contributed by atoms with van der Waals surface area (Å²) in [6, 6.07) is 7.65. The number of carbonyl (C=O) groups excluding carboxylic acids is 2. The molecule has 136 valence electrons. The maximum atomic E-state index is 12.3. The zero-order chi connectivity index (χ0) is 17.8. The number of carbonyl (C=O) groups is 2. The van der Waals surface area contributed by atoms with Gasteiger partial charge >= 0.3 is 0 Å². The van der Waals surface area contributed by atoms with Crippen molar-refractivity contribution in [3.63, 3.8) is 0 Å². The molecule has 0 unspecified atom stereocenters. The van der Waals surface area contributed by atoms with Crippen LogP contribution in [0.2, 0.25) is 5.02 Å². The van der Waals surface area contributed by atoms with E-state index < -0.39 is 0 Å². The van der Waals surface area contributed by atoms with Crippen molar-refractivity contribution in [2.75, 3.05) is 46.4 Å². The monoisotopic (exact) mass is 365 g/mol. The average Bonchev–Trinajstić information content (AvgIpc) is 2.75. The standard InChI is InChI=1S/C18H24ClN3O3/c1-21-16-9-22(8-14(18(21)24)11-25-12-16)10-17(23)20-7-6-13-2-4-15(19)5-3-13/h2-5,14,16H,6-12H2,1H3,(H,20,23)/t14-,16+/m1/s1. The van der Waals surface area contributed by atoms with Gasteiger partial charge in [0.15, 0.2) is 0 Å². The Morgan fingerprint density at radius 2 is 2.04 bits per heavy atom. The van der Waals surface area contributed by atoms with Crippen LogP contribution in [0.15, 0.2) is 24.3 Å². The summed E-state index contributed by atoms with van der Waals surface area (Å²) < 4.78 is 5.58. The lowest BCUT2D eigenvalue weighted by molar-refractivity contribution is -0.134. The minimum atomic E-state index is -0.181. The zero-order valence-electron chi connectivity index (χ0n) is 14.4. The van der Waals surface area contributed by atoms with Crippen molar-refractivity contribution in [3.05, 3.63) is 34.9 Å². The predicted molar refractivity (Wildman–Crippen MR) is 95.5 cm³/mol. The lowest BCUT2D eigenvalue weighted by atomic mass is 10.1. The number of ether oxygens (including phenoxy) is 1. The van der Waals surface area contributed by atoms with Crippen LogP contribution in [0, 0.1) is 5.92 Å². The Kier molecular flexibility index (Phi) is 5.93. The molecule has 0 saturated carbocycles. The summed E-state index contributed by atoms with van der Waals surface area (Å²) >= 11 is 5.87. The molecule has 2 aliphatic heterocycles. The van der Waals surface area contributed by atoms with Crippen molar-refractivity contribution in [1.29, 1.82) is 0 Å². The van der Waals surface area contributed by atoms with E-state index in [4.69, 9.17) is 16.3 Å². The van der Waals surface area contributed by atoms with Gasteiger partial charge in [0.05, 0.1) is 31.7 Å². The van der Waals surface area contributed by atoms with Gasteiger partial charge in [0, 0.05) is 31.7 Å². The molecule has 2 bridgehead atoms. The molecule has 0 aromatic heterocycles. The fraction of sp³-hybridized carbons (Fsp3) is 0.556. The van der Waals surface area contributed by atoms with Gasteiger partial charge in [-0.05, 0) is 24.1 Å². The molecule has 25 heavy (non-hydrogen) atoms. The Hall–Kier alpha value is -1.63. The van der Waals surface area contributed by atoms with E-state index in [-0.39, 0.29) is 23.8 Å². The summed E-state index contributed by atoms with van der Waals surface area (Å²) in [6.07, 6.45) is 0.767. The quantitative estimate of drug-likeness (QED) is 0.838. The van der Waals surface area contributed by atoms with Gasteiger partial charge in [-0.2, -0.15) is 0 Å². The van der Waals surface area contributed by atoms with Crippen LogP contribution < -0.4 is 5.32 Å². The smallest absolute Gasteiger partial charge is 0.234 e. The van der Waals surface area contributed by atoms with E-state index in [9.17, 15) is 9.59 Å². The minimum Gasteiger partial charge on any atom is -0.378 e. The van der Waals surface area contributed by atoms with Crippen LogP contribution in [0.5, 0.6) is 0 Å². The van der Waals surface area contributed by atoms with E-state index in [1.165, 1.54) is 0 Å². The molecular weight excluding hydrogens is 342 g/mol. The first-order valence-corrected chi connectivity index (χ1v) is 8.98. The lowest BCUT2D eigenvalue weighted by Crippen LogP contribution is -2.46. The van der Waals surface area contributed by atoms with Crippen molar-refractivity contribution in [2.24, 2.45) is 5.92 Å². The van der Waals surface area contributed by atoms with Gasteiger partial charge in [-0.3, -0.25) is 14.5 Å². The molecule has 2 aliphatic rings. The molecule has 0 radical (unpaired) electrons. The van der Waals surface area contributed by atoms with Crippen molar-refractivity contribution in [3.8, 4) is 0 Å². The molecule has 1 aromatic carbocycles. The zero-order valence-corrected chi connectivity index (χ0v) is 15.2. The topological polar surface area (TPSA) is 61.9 Å². The predicted octanol–water partition coefficient (Wildman–Crippen LogP) is 0.788. The van der Waals surface area contributed by atoms with Gasteiger partial charge in [-0.25, -0.2) is 0 Å². The fourth-order valence-electron chi connectivity index (χ4n) is 3.37. The Morgan fingerprint density at radius 1 is 1.28 bits per heavy atom. The summed E-state index contributed by atoms with van der Waals surface area (Å²) in [4.78, 5) is 28.4. The molecule has 1 aromatic rings. The summed E-state index contributed by atoms with van der Waals surface area (Å²) in [5, 5.41) is 3.67. The van der Waals surface area contributed by atoms with Gasteiger partial charge in [-0.1, -0.05) is 23.7 Å². The van der Waals surface area contributed by atoms with Crippen LogP contribution in [0.3, 0.4) is 0 Å². The number of hydrogen-bond acceptors (Lipinski definition) is 4. The van der Waals surface area contributed by atoms with Crippen molar-refractivity contribution < 1.29 is 14.3 Å². The SMILES string of the molecule is CN1C(=O)[C@H]2COC[C@@H]1CN(CC(=O)NCCc1ccc(Cl)cc1)C2. The number of likely N-dealkylation sites (N-methyl/N-ethyl adjacent to an activating group) is 1. The van der Waals surface area contributed by atoms with E-state index in [0.717, 1.165) is 12.0 Å². The van der Waals surface area contributed by atoms with Gasteiger partial charge in [0.1, 0.15) is 0 Å². The number of nitrogens with zero attached hydrogens (tertiary/aromatic N) is 2. The Bertz CT molecular complexity index is 622. The third-order valence-electron chi connectivity index (χ3n) is 4.84. The summed E-state index contributed by atoms with van der Waals surface area (Å²) in [5.41, 5.74) is 1.14. The first-order valence-electron chi connectivity index (χ1n) is 8.61. The van der Waals surface area contributed by atoms with Crippen LogP contribution >= 0.6 is 11.6 Å². The Morgan fingerprint density at radius 3 is 2.80 bits per heavy atom. The summed E-state index contributed by atoms with van der Waals surface area (Å²) in [7, 11) is 1.82. The van der Waals surface area contributed by atoms with Crippen LogP contribution in [0.1, 0.15) is 5.56 Å². The first kappa shape index (κ1) is 18.2. The fourth-order valence-corrected chi connectivity index (χ4v) is 3.50. The van der Waals surface area contributed by atoms with E-state index in [0.29, 0.717) is 44.4 Å². The van der Waals surface area contributed by atoms with Crippen LogP contribution in [0.25, 0.3) is 0 Å². The number of nitrogens with one attached hydrogen (secondary N) is 1. The number of rotatable bonds is 5. The van der Waals surface area contributed by atoms with E-state index in [1.54, 1.807) is 4.90 Å². The largest absolute Gasteiger partial charge is 0.378 e. The highest BCUT2D eigenvalue weighted by Gasteiger charge is 2.37. The average molecular weight is 366 g/mol. The molecule has 0 spiro atoms. The van der Waals surface area contributed by atoms with E-state index in [2.05, 4.69) is 10.2 Å². The second-order valence-corrected chi connectivity index (χ2v) is 7.19. The maximum Gasteiger partial charge on any atom is 0.234 e. The van der Waals surface area contributed by atoms with Crippen molar-refractivity contribution in [2.45, 2.75) is 12.5 Å². The molecule has 2 atom stereocenters. The normalized spacial score (nSPS) is 24.1. The highest BCUT2D eigenvalue weighted by Crippen LogP contribution is 2.19. The molecular formula is C18H24ClN3O3. The number of fused-ring (bicyclic) bond motifs is 3. The second kappa shape index (κ2) is 8.17. The van der Waals surface area contributed by atoms with Crippen molar-refractivity contribution in [1.82, 2.24) is 15.1 Å².